The highest BCUT2D eigenvalue weighted by atomic mass is 16.3. The van der Waals surface area contributed by atoms with Crippen LogP contribution in [0.1, 0.15) is 25.3 Å². The summed E-state index contributed by atoms with van der Waals surface area (Å²) in [6.07, 6.45) is 1.67. The summed E-state index contributed by atoms with van der Waals surface area (Å²) in [5.74, 6) is 0.144. The number of carbonyl (C=O) groups excluding carboxylic acids is 1. The van der Waals surface area contributed by atoms with Crippen LogP contribution in [0.5, 0.6) is 0 Å². The second kappa shape index (κ2) is 4.62. The van der Waals surface area contributed by atoms with Crippen molar-refractivity contribution in [3.63, 3.8) is 0 Å². The number of nitrogens with zero attached hydrogens (tertiary/aromatic N) is 1. The van der Waals surface area contributed by atoms with E-state index in [2.05, 4.69) is 16.3 Å². The molecule has 1 fully saturated rings. The third kappa shape index (κ3) is 1.86. The van der Waals surface area contributed by atoms with Gasteiger partial charge in [-0.2, -0.15) is 0 Å². The largest absolute Gasteiger partial charge is 0.395 e. The zero-order valence-corrected chi connectivity index (χ0v) is 11.2. The number of hydrogen-bond acceptors (Lipinski definition) is 3. The number of rotatable bonds is 2. The van der Waals surface area contributed by atoms with Crippen molar-refractivity contribution in [3.05, 3.63) is 29.8 Å². The molecule has 0 radical (unpaired) electrons. The Bertz CT molecular complexity index is 493. The Labute approximate surface area is 113 Å². The maximum Gasteiger partial charge on any atom is 0.235 e. The summed E-state index contributed by atoms with van der Waals surface area (Å²) in [6, 6.07) is 8.19. The Morgan fingerprint density at radius 1 is 1.37 bits per heavy atom. The van der Waals surface area contributed by atoms with Gasteiger partial charge in [-0.05, 0) is 44.5 Å². The third-order valence-electron chi connectivity index (χ3n) is 4.66. The zero-order chi connectivity index (χ0) is 13.5. The predicted octanol–water partition coefficient (Wildman–Crippen LogP) is 1.35. The van der Waals surface area contributed by atoms with Gasteiger partial charge in [0.15, 0.2) is 0 Å². The summed E-state index contributed by atoms with van der Waals surface area (Å²) >= 11 is 0. The van der Waals surface area contributed by atoms with E-state index in [0.717, 1.165) is 37.2 Å². The van der Waals surface area contributed by atoms with Crippen molar-refractivity contribution in [2.45, 2.75) is 31.2 Å². The Morgan fingerprint density at radius 3 is 2.74 bits per heavy atom. The molecule has 0 bridgehead atoms. The maximum absolute atomic E-state index is 12.4. The quantitative estimate of drug-likeness (QED) is 0.844. The molecular formula is C15H20N2O2. The molecule has 19 heavy (non-hydrogen) atoms. The van der Waals surface area contributed by atoms with E-state index in [0.29, 0.717) is 0 Å². The first-order chi connectivity index (χ1) is 9.17. The lowest BCUT2D eigenvalue weighted by atomic mass is 9.73. The minimum atomic E-state index is -0.345. The molecule has 4 nitrogen and oxygen atoms in total. The number of likely N-dealkylation sites (tertiary alicyclic amines) is 1. The molecule has 1 aromatic rings. The van der Waals surface area contributed by atoms with Gasteiger partial charge < -0.3 is 10.4 Å². The van der Waals surface area contributed by atoms with E-state index in [4.69, 9.17) is 0 Å². The number of fused-ring (bicyclic) bond motifs is 2. The summed E-state index contributed by atoms with van der Waals surface area (Å²) in [7, 11) is 0. The van der Waals surface area contributed by atoms with Gasteiger partial charge in [-0.25, -0.2) is 0 Å². The number of aliphatic hydroxyl groups is 1. The van der Waals surface area contributed by atoms with Gasteiger partial charge in [0.05, 0.1) is 12.0 Å². The third-order valence-corrected chi connectivity index (χ3v) is 4.66. The van der Waals surface area contributed by atoms with Crippen molar-refractivity contribution in [2.75, 3.05) is 25.0 Å². The van der Waals surface area contributed by atoms with Crippen molar-refractivity contribution >= 4 is 11.6 Å². The minimum Gasteiger partial charge on any atom is -0.395 e. The van der Waals surface area contributed by atoms with Crippen molar-refractivity contribution in [1.29, 1.82) is 0 Å². The van der Waals surface area contributed by atoms with Crippen LogP contribution in [0.2, 0.25) is 0 Å². The van der Waals surface area contributed by atoms with E-state index in [1.54, 1.807) is 0 Å². The lowest BCUT2D eigenvalue weighted by Crippen LogP contribution is -2.49. The van der Waals surface area contributed by atoms with Gasteiger partial charge in [0, 0.05) is 11.7 Å². The molecule has 1 amide bonds. The molecule has 2 aliphatic heterocycles. The van der Waals surface area contributed by atoms with Crippen molar-refractivity contribution in [2.24, 2.45) is 0 Å². The van der Waals surface area contributed by atoms with Crippen LogP contribution in [-0.4, -0.2) is 41.7 Å². The fourth-order valence-electron chi connectivity index (χ4n) is 3.33. The maximum atomic E-state index is 12.4. The standard InChI is InChI=1S/C15H20N2O2/c1-11(10-18)17-8-6-15(7-9-17)12-4-2-3-5-13(12)16-14(15)19/h2-5,11,18H,6-10H2,1H3,(H,16,19). The number of anilines is 1. The highest BCUT2D eigenvalue weighted by Gasteiger charge is 2.48. The summed E-state index contributed by atoms with van der Waals surface area (Å²) in [6.45, 7) is 3.93. The van der Waals surface area contributed by atoms with Crippen molar-refractivity contribution in [1.82, 2.24) is 4.90 Å². The van der Waals surface area contributed by atoms with E-state index >= 15 is 0 Å². The smallest absolute Gasteiger partial charge is 0.235 e. The molecule has 1 atom stereocenters. The average molecular weight is 260 g/mol. The summed E-state index contributed by atoms with van der Waals surface area (Å²) in [5.41, 5.74) is 1.77. The van der Waals surface area contributed by atoms with Gasteiger partial charge in [-0.15, -0.1) is 0 Å². The van der Waals surface area contributed by atoms with E-state index in [1.807, 2.05) is 25.1 Å². The van der Waals surface area contributed by atoms with E-state index in [-0.39, 0.29) is 24.0 Å². The molecule has 3 rings (SSSR count). The van der Waals surface area contributed by atoms with E-state index < -0.39 is 0 Å². The van der Waals surface area contributed by atoms with Crippen LogP contribution < -0.4 is 5.32 Å². The Morgan fingerprint density at radius 2 is 2.05 bits per heavy atom. The molecule has 1 unspecified atom stereocenters. The summed E-state index contributed by atoms with van der Waals surface area (Å²) in [5, 5.41) is 12.2. The topological polar surface area (TPSA) is 52.6 Å². The minimum absolute atomic E-state index is 0.144. The molecule has 102 valence electrons. The van der Waals surface area contributed by atoms with Gasteiger partial charge in [0.25, 0.3) is 0 Å². The zero-order valence-electron chi connectivity index (χ0n) is 11.2. The van der Waals surface area contributed by atoms with Gasteiger partial charge in [0.1, 0.15) is 0 Å². The number of amides is 1. The van der Waals surface area contributed by atoms with Gasteiger partial charge in [0.2, 0.25) is 5.91 Å². The van der Waals surface area contributed by atoms with Gasteiger partial charge in [-0.1, -0.05) is 18.2 Å². The number of aliphatic hydroxyl groups excluding tert-OH is 1. The molecule has 1 aromatic carbocycles. The predicted molar refractivity (Wildman–Crippen MR) is 74.1 cm³/mol. The van der Waals surface area contributed by atoms with Crippen LogP contribution in [-0.2, 0) is 10.2 Å². The van der Waals surface area contributed by atoms with Crippen LogP contribution in [0, 0.1) is 0 Å². The van der Waals surface area contributed by atoms with Crippen LogP contribution in [0.3, 0.4) is 0 Å². The number of piperidine rings is 1. The Kier molecular flexibility index (Phi) is 3.07. The van der Waals surface area contributed by atoms with Crippen LogP contribution in [0.25, 0.3) is 0 Å². The van der Waals surface area contributed by atoms with Crippen molar-refractivity contribution < 1.29 is 9.90 Å². The van der Waals surface area contributed by atoms with Crippen LogP contribution >= 0.6 is 0 Å². The summed E-state index contributed by atoms with van der Waals surface area (Å²) < 4.78 is 0. The second-order valence-electron chi connectivity index (χ2n) is 5.65. The number of nitrogens with one attached hydrogen (secondary N) is 1. The molecule has 1 saturated heterocycles. The Balaban J connectivity index is 1.85. The van der Waals surface area contributed by atoms with E-state index in [1.165, 1.54) is 0 Å². The average Bonchev–Trinajstić information content (AvgIpc) is 2.72. The first kappa shape index (κ1) is 12.6. The number of para-hydroxylation sites is 1. The number of benzene rings is 1. The number of hydrogen-bond donors (Lipinski definition) is 2. The fourth-order valence-corrected chi connectivity index (χ4v) is 3.33. The lowest BCUT2D eigenvalue weighted by molar-refractivity contribution is -0.122. The normalized spacial score (nSPS) is 23.2. The highest BCUT2D eigenvalue weighted by Crippen LogP contribution is 2.44. The number of carbonyl (C=O) groups is 1. The first-order valence-corrected chi connectivity index (χ1v) is 6.93. The van der Waals surface area contributed by atoms with Gasteiger partial charge in [-0.3, -0.25) is 9.69 Å². The molecule has 2 N–H and O–H groups in total. The SMILES string of the molecule is CC(CO)N1CCC2(CC1)C(=O)Nc1ccccc12. The molecule has 0 aromatic heterocycles. The monoisotopic (exact) mass is 260 g/mol. The molecule has 0 aliphatic carbocycles. The highest BCUT2D eigenvalue weighted by molar-refractivity contribution is 6.06. The first-order valence-electron chi connectivity index (χ1n) is 6.93. The molecule has 2 aliphatic rings. The molecule has 4 heteroatoms. The molecule has 1 spiro atoms. The molecule has 2 heterocycles. The van der Waals surface area contributed by atoms with Crippen LogP contribution in [0.15, 0.2) is 24.3 Å². The molecular weight excluding hydrogens is 240 g/mol. The lowest BCUT2D eigenvalue weighted by Gasteiger charge is -2.40. The van der Waals surface area contributed by atoms with E-state index in [9.17, 15) is 9.90 Å². The molecule has 0 saturated carbocycles. The Hall–Kier alpha value is -1.39. The van der Waals surface area contributed by atoms with Crippen LogP contribution in [0.4, 0.5) is 5.69 Å². The summed E-state index contributed by atoms with van der Waals surface area (Å²) in [4.78, 5) is 14.6. The van der Waals surface area contributed by atoms with Gasteiger partial charge >= 0.3 is 0 Å². The van der Waals surface area contributed by atoms with Crippen molar-refractivity contribution in [3.8, 4) is 0 Å². The fraction of sp³-hybridized carbons (Fsp3) is 0.533. The second-order valence-corrected chi connectivity index (χ2v) is 5.65.